The summed E-state index contributed by atoms with van der Waals surface area (Å²) in [5.74, 6) is -2.37. The van der Waals surface area contributed by atoms with Crippen LogP contribution in [-0.2, 0) is 42.6 Å². The molecule has 0 saturated heterocycles. The molecule has 1 saturated carbocycles. The molecule has 1 aliphatic heterocycles. The van der Waals surface area contributed by atoms with Gasteiger partial charge in [0.25, 0.3) is 5.91 Å². The number of carbonyl (C=O) groups excluding carboxylic acids is 2. The number of hydrogen-bond acceptors (Lipinski definition) is 13. The van der Waals surface area contributed by atoms with E-state index in [2.05, 4.69) is 31.0 Å². The molecule has 21 heteroatoms. The largest absolute Gasteiger partial charge is 0.478 e. The fourth-order valence-corrected chi connectivity index (χ4v) is 4.62. The van der Waals surface area contributed by atoms with Gasteiger partial charge in [-0.2, -0.15) is 23.4 Å². The Bertz CT molecular complexity index is 1300. The van der Waals surface area contributed by atoms with E-state index in [0.29, 0.717) is 5.69 Å². The van der Waals surface area contributed by atoms with E-state index in [0.717, 1.165) is 16.6 Å². The lowest BCUT2D eigenvalue weighted by Crippen LogP contribution is -2.55. The number of hydrogen-bond donors (Lipinski definition) is 7. The number of nitrogens with two attached hydrogens (primary N) is 3. The van der Waals surface area contributed by atoms with Crippen LogP contribution < -0.4 is 27.8 Å². The number of guanidine groups is 1. The van der Waals surface area contributed by atoms with Gasteiger partial charge in [0.15, 0.2) is 11.7 Å². The second kappa shape index (κ2) is 11.8. The van der Waals surface area contributed by atoms with Gasteiger partial charge in [0.05, 0.1) is 31.0 Å². The lowest BCUT2D eigenvalue weighted by molar-refractivity contribution is -0.153. The Kier molecular flexibility index (Phi) is 8.99. The molecule has 1 fully saturated rings. The van der Waals surface area contributed by atoms with E-state index >= 15 is 0 Å². The number of aliphatic carboxylic acids is 1. The number of amides is 2. The molecule has 214 valence electrons. The minimum Gasteiger partial charge on any atom is -0.478 e. The zero-order valence-electron chi connectivity index (χ0n) is 20.4. The summed E-state index contributed by atoms with van der Waals surface area (Å²) in [5.41, 5.74) is 14.2. The van der Waals surface area contributed by atoms with Gasteiger partial charge >= 0.3 is 16.3 Å². The monoisotopic (exact) mass is 589 g/mol. The predicted molar refractivity (Wildman–Crippen MR) is 135 cm³/mol. The third-order valence-electron chi connectivity index (χ3n) is 5.50. The van der Waals surface area contributed by atoms with E-state index in [-0.39, 0.29) is 47.5 Å². The van der Waals surface area contributed by atoms with Crippen molar-refractivity contribution in [2.75, 3.05) is 0 Å². The molecule has 19 nitrogen and oxygen atoms in total. The molecule has 0 spiro atoms. The molecule has 2 aliphatic rings. The zero-order valence-corrected chi connectivity index (χ0v) is 22.0. The standard InChI is InChI=1S/C18H27N11O8S2/c1-9(12(28(8-30)39(34,35)36)6-29-23-5-10(26-29)4-22-16(19)20)24-14(31)13(11-7-38-17(21)25-11)27-37-18(2-3-18)15(32)33/h5,7-9,12,17,25H,2-4,6,21H2,1H3,(H,24,31)(H,32,33)(H4,19,20,22)(H,34,35,36)/b27-13-. The number of carbonyl (C=O) groups is 3. The number of nitrogens with zero attached hydrogens (tertiary/aromatic N) is 6. The van der Waals surface area contributed by atoms with Gasteiger partial charge in [0.2, 0.25) is 12.0 Å². The van der Waals surface area contributed by atoms with Gasteiger partial charge in [-0.25, -0.2) is 14.1 Å². The number of oxime groups is 1. The average molecular weight is 590 g/mol. The summed E-state index contributed by atoms with van der Waals surface area (Å²) in [4.78, 5) is 46.3. The summed E-state index contributed by atoms with van der Waals surface area (Å²) in [6, 6.07) is -2.62. The summed E-state index contributed by atoms with van der Waals surface area (Å²) in [7, 11) is -5.08. The van der Waals surface area contributed by atoms with Gasteiger partial charge in [0.1, 0.15) is 11.2 Å². The lowest BCUT2D eigenvalue weighted by Gasteiger charge is -2.30. The number of thioether (sulfide) groups is 1. The average Bonchev–Trinajstić information content (AvgIpc) is 3.30. The van der Waals surface area contributed by atoms with Crippen LogP contribution in [0.5, 0.6) is 0 Å². The van der Waals surface area contributed by atoms with Crippen molar-refractivity contribution in [1.29, 1.82) is 0 Å². The molecule has 1 aromatic heterocycles. The molecule has 0 radical (unpaired) electrons. The SMILES string of the molecule is CC(NC(=O)/C(=N\OC1(C(=O)O)CC1)C1=CSC(N)N1)C(Cn1ncc(CN=C(N)N)n1)N(C=O)S(=O)(=O)O. The van der Waals surface area contributed by atoms with E-state index in [4.69, 9.17) is 22.0 Å². The first-order valence-corrected chi connectivity index (χ1v) is 13.4. The lowest BCUT2D eigenvalue weighted by atomic mass is 10.1. The highest BCUT2D eigenvalue weighted by molar-refractivity contribution is 8.02. The third-order valence-corrected chi connectivity index (χ3v) is 7.17. The summed E-state index contributed by atoms with van der Waals surface area (Å²) >= 11 is 1.11. The van der Waals surface area contributed by atoms with Crippen LogP contribution in [0.3, 0.4) is 0 Å². The smallest absolute Gasteiger partial charge is 0.362 e. The highest BCUT2D eigenvalue weighted by Gasteiger charge is 2.54. The fourth-order valence-electron chi connectivity index (χ4n) is 3.26. The summed E-state index contributed by atoms with van der Waals surface area (Å²) in [6.07, 6.45) is 1.53. The van der Waals surface area contributed by atoms with Crippen molar-refractivity contribution >= 4 is 52.0 Å². The Morgan fingerprint density at radius 3 is 2.67 bits per heavy atom. The molecular weight excluding hydrogens is 562 g/mol. The minimum absolute atomic E-state index is 0.0328. The molecule has 3 atom stereocenters. The first-order chi connectivity index (χ1) is 18.3. The molecule has 3 rings (SSSR count). The first kappa shape index (κ1) is 29.6. The van der Waals surface area contributed by atoms with Crippen molar-refractivity contribution in [3.05, 3.63) is 23.0 Å². The van der Waals surface area contributed by atoms with Crippen molar-refractivity contribution in [3.63, 3.8) is 0 Å². The summed E-state index contributed by atoms with van der Waals surface area (Å²) in [5, 5.41) is 27.9. The van der Waals surface area contributed by atoms with Crippen molar-refractivity contribution in [2.24, 2.45) is 27.3 Å². The zero-order chi connectivity index (χ0) is 29.0. The van der Waals surface area contributed by atoms with Crippen molar-refractivity contribution in [1.82, 2.24) is 29.9 Å². The number of aliphatic imine (C=N–C) groups is 1. The Balaban J connectivity index is 1.85. The van der Waals surface area contributed by atoms with E-state index < -0.39 is 51.9 Å². The highest BCUT2D eigenvalue weighted by atomic mass is 32.2. The van der Waals surface area contributed by atoms with E-state index in [1.807, 2.05) is 0 Å². The summed E-state index contributed by atoms with van der Waals surface area (Å²) in [6.45, 7) is 0.909. The van der Waals surface area contributed by atoms with Crippen molar-refractivity contribution in [2.45, 2.75) is 56.0 Å². The minimum atomic E-state index is -5.08. The number of aromatic nitrogens is 3. The van der Waals surface area contributed by atoms with Gasteiger partial charge in [-0.1, -0.05) is 16.9 Å². The van der Waals surface area contributed by atoms with Crippen molar-refractivity contribution in [3.8, 4) is 0 Å². The first-order valence-electron chi connectivity index (χ1n) is 11.1. The topological polar surface area (TPSA) is 296 Å². The molecule has 0 aromatic carbocycles. The van der Waals surface area contributed by atoms with Crippen LogP contribution in [0.25, 0.3) is 0 Å². The van der Waals surface area contributed by atoms with Crippen molar-refractivity contribution < 1.29 is 37.3 Å². The second-order valence-electron chi connectivity index (χ2n) is 8.44. The van der Waals surface area contributed by atoms with E-state index in [1.165, 1.54) is 18.5 Å². The molecular formula is C18H27N11O8S2. The van der Waals surface area contributed by atoms with Crippen LogP contribution >= 0.6 is 11.8 Å². The Morgan fingerprint density at radius 2 is 2.15 bits per heavy atom. The molecule has 3 unspecified atom stereocenters. The predicted octanol–water partition coefficient (Wildman–Crippen LogP) is -3.40. The Hall–Kier alpha value is -3.95. The number of rotatable bonds is 14. The Morgan fingerprint density at radius 1 is 1.46 bits per heavy atom. The normalized spacial score (nSPS) is 19.6. The molecule has 2 amide bonds. The second-order valence-corrected chi connectivity index (χ2v) is 10.8. The molecule has 39 heavy (non-hydrogen) atoms. The maximum atomic E-state index is 13.2. The molecule has 0 bridgehead atoms. The van der Waals surface area contributed by atoms with Crippen LogP contribution in [0.2, 0.25) is 0 Å². The molecule has 1 aliphatic carbocycles. The maximum Gasteiger partial charge on any atom is 0.362 e. The van der Waals surface area contributed by atoms with Crippen LogP contribution in [0.4, 0.5) is 0 Å². The van der Waals surface area contributed by atoms with Gasteiger partial charge < -0.3 is 37.8 Å². The van der Waals surface area contributed by atoms with Gasteiger partial charge in [-0.3, -0.25) is 14.1 Å². The molecule has 1 aromatic rings. The van der Waals surface area contributed by atoms with Crippen LogP contribution in [-0.4, -0.2) is 90.5 Å². The number of carboxylic acids is 1. The third kappa shape index (κ3) is 7.55. The summed E-state index contributed by atoms with van der Waals surface area (Å²) < 4.78 is 33.6. The fraction of sp³-hybridized carbons (Fsp3) is 0.500. The molecule has 10 N–H and O–H groups in total. The highest BCUT2D eigenvalue weighted by Crippen LogP contribution is 2.40. The van der Waals surface area contributed by atoms with Gasteiger partial charge in [0, 0.05) is 24.3 Å². The van der Waals surface area contributed by atoms with Crippen LogP contribution in [0, 0.1) is 0 Å². The van der Waals surface area contributed by atoms with Gasteiger partial charge in [-0.05, 0) is 6.92 Å². The Labute approximate surface area is 225 Å². The maximum absolute atomic E-state index is 13.2. The number of carboxylic acid groups (broad SMARTS) is 1. The van der Waals surface area contributed by atoms with Gasteiger partial charge in [-0.15, -0.1) is 0 Å². The molecule has 2 heterocycles. The van der Waals surface area contributed by atoms with E-state index in [1.54, 1.807) is 0 Å². The number of nitrogens with one attached hydrogen (secondary N) is 2. The van der Waals surface area contributed by atoms with Crippen LogP contribution in [0.15, 0.2) is 27.5 Å². The quantitative estimate of drug-likeness (QED) is 0.0365. The van der Waals surface area contributed by atoms with Crippen LogP contribution in [0.1, 0.15) is 25.5 Å². The van der Waals surface area contributed by atoms with E-state index in [9.17, 15) is 32.5 Å².